The van der Waals surface area contributed by atoms with Crippen LogP contribution in [0.3, 0.4) is 0 Å². The molecule has 2 heterocycles. The summed E-state index contributed by atoms with van der Waals surface area (Å²) in [7, 11) is 0. The molecule has 0 aliphatic rings. The van der Waals surface area contributed by atoms with Gasteiger partial charge in [-0.25, -0.2) is 9.67 Å². The molecule has 3 rings (SSSR count). The molecule has 0 atom stereocenters. The van der Waals surface area contributed by atoms with E-state index in [2.05, 4.69) is 15.1 Å². The van der Waals surface area contributed by atoms with Crippen LogP contribution in [0.4, 0.5) is 0 Å². The van der Waals surface area contributed by atoms with Crippen LogP contribution in [0.2, 0.25) is 5.02 Å². The fourth-order valence-corrected chi connectivity index (χ4v) is 1.86. The van der Waals surface area contributed by atoms with Crippen LogP contribution in [-0.2, 0) is 0 Å². The topological polar surface area (TPSA) is 76.6 Å². The third-order valence-electron chi connectivity index (χ3n) is 2.66. The summed E-state index contributed by atoms with van der Waals surface area (Å²) in [6.07, 6.45) is 2.96. The molecule has 102 valence electrons. The van der Waals surface area contributed by atoms with Crippen LogP contribution in [-0.4, -0.2) is 19.7 Å². The van der Waals surface area contributed by atoms with Crippen LogP contribution in [0.25, 0.3) is 5.69 Å². The molecule has 21 heavy (non-hydrogen) atoms. The number of ether oxygens (including phenoxy) is 1. The first-order valence-corrected chi connectivity index (χ1v) is 6.35. The molecule has 0 amide bonds. The summed E-state index contributed by atoms with van der Waals surface area (Å²) in [5, 5.41) is 13.2. The molecule has 0 fully saturated rings. The van der Waals surface area contributed by atoms with E-state index in [0.717, 1.165) is 5.69 Å². The van der Waals surface area contributed by atoms with Crippen molar-refractivity contribution in [2.75, 3.05) is 0 Å². The second-order valence-electron chi connectivity index (χ2n) is 4.00. The predicted octanol–water partition coefficient (Wildman–Crippen LogP) is 2.98. The lowest BCUT2D eigenvalue weighted by molar-refractivity contribution is 0.425. The average molecular weight is 298 g/mol. The maximum Gasteiger partial charge on any atom is 0.342 e. The number of nitriles is 1. The maximum absolute atomic E-state index is 8.91. The highest BCUT2D eigenvalue weighted by Crippen LogP contribution is 2.27. The predicted molar refractivity (Wildman–Crippen MR) is 75.4 cm³/mol. The molecule has 2 aromatic heterocycles. The van der Waals surface area contributed by atoms with Crippen LogP contribution in [0.1, 0.15) is 5.56 Å². The highest BCUT2D eigenvalue weighted by atomic mass is 35.5. The van der Waals surface area contributed by atoms with E-state index >= 15 is 0 Å². The minimum absolute atomic E-state index is 0.0986. The van der Waals surface area contributed by atoms with Crippen LogP contribution < -0.4 is 4.74 Å². The lowest BCUT2D eigenvalue weighted by atomic mass is 10.3. The van der Waals surface area contributed by atoms with Gasteiger partial charge >= 0.3 is 6.01 Å². The number of hydrogen-bond acceptors (Lipinski definition) is 5. The van der Waals surface area contributed by atoms with E-state index in [4.69, 9.17) is 21.6 Å². The molecule has 0 aliphatic carbocycles. The summed E-state index contributed by atoms with van der Waals surface area (Å²) < 4.78 is 6.98. The molecule has 0 spiro atoms. The van der Waals surface area contributed by atoms with Gasteiger partial charge in [-0.05, 0) is 18.2 Å². The van der Waals surface area contributed by atoms with Crippen molar-refractivity contribution in [3.8, 4) is 23.6 Å². The SMILES string of the molecule is N#Cc1ccnc(Oc2ncn(-c3ccccc3)n2)c1Cl. The minimum atomic E-state index is 0.0986. The molecule has 0 N–H and O–H groups in total. The Morgan fingerprint density at radius 1 is 1.14 bits per heavy atom. The van der Waals surface area contributed by atoms with E-state index in [0.29, 0.717) is 0 Å². The van der Waals surface area contributed by atoms with E-state index in [-0.39, 0.29) is 22.5 Å². The highest BCUT2D eigenvalue weighted by Gasteiger charge is 2.12. The molecule has 0 aliphatic heterocycles. The van der Waals surface area contributed by atoms with Gasteiger partial charge in [-0.1, -0.05) is 29.8 Å². The molecule has 0 radical (unpaired) electrons. The third-order valence-corrected chi connectivity index (χ3v) is 3.02. The Labute approximate surface area is 125 Å². The van der Waals surface area contributed by atoms with Crippen molar-refractivity contribution < 1.29 is 4.74 Å². The normalized spacial score (nSPS) is 10.1. The standard InChI is InChI=1S/C14H8ClN5O/c15-12-10(8-16)6-7-17-13(12)21-14-18-9-20(19-14)11-4-2-1-3-5-11/h1-7,9H. The van der Waals surface area contributed by atoms with E-state index < -0.39 is 0 Å². The molecule has 7 heteroatoms. The van der Waals surface area contributed by atoms with Crippen LogP contribution >= 0.6 is 11.6 Å². The van der Waals surface area contributed by atoms with Gasteiger partial charge in [-0.15, -0.1) is 5.10 Å². The van der Waals surface area contributed by atoms with Gasteiger partial charge in [0.2, 0.25) is 5.88 Å². The summed E-state index contributed by atoms with van der Waals surface area (Å²) >= 11 is 6.01. The summed E-state index contributed by atoms with van der Waals surface area (Å²) in [6, 6.07) is 13.0. The van der Waals surface area contributed by atoms with Crippen molar-refractivity contribution in [1.82, 2.24) is 19.7 Å². The summed E-state index contributed by atoms with van der Waals surface area (Å²) in [4.78, 5) is 8.00. The number of nitrogens with zero attached hydrogens (tertiary/aromatic N) is 5. The molecule has 6 nitrogen and oxygen atoms in total. The van der Waals surface area contributed by atoms with E-state index in [1.807, 2.05) is 36.4 Å². The number of aromatic nitrogens is 4. The van der Waals surface area contributed by atoms with Gasteiger partial charge in [-0.2, -0.15) is 10.2 Å². The lowest BCUT2D eigenvalue weighted by Crippen LogP contribution is -1.96. The van der Waals surface area contributed by atoms with E-state index in [1.54, 1.807) is 4.68 Å². The first kappa shape index (κ1) is 13.1. The Kier molecular flexibility index (Phi) is 3.50. The van der Waals surface area contributed by atoms with Gasteiger partial charge in [0.15, 0.2) is 0 Å². The summed E-state index contributed by atoms with van der Waals surface area (Å²) in [5.41, 5.74) is 1.13. The number of pyridine rings is 1. The zero-order valence-corrected chi connectivity index (χ0v) is 11.4. The van der Waals surface area contributed by atoms with E-state index in [1.165, 1.54) is 18.6 Å². The quantitative estimate of drug-likeness (QED) is 0.742. The fraction of sp³-hybridized carbons (Fsp3) is 0. The van der Waals surface area contributed by atoms with Crippen molar-refractivity contribution in [3.63, 3.8) is 0 Å². The van der Waals surface area contributed by atoms with Crippen molar-refractivity contribution in [3.05, 3.63) is 59.5 Å². The molecule has 3 aromatic rings. The van der Waals surface area contributed by atoms with Gasteiger partial charge in [0.05, 0.1) is 11.3 Å². The first-order chi connectivity index (χ1) is 10.3. The van der Waals surface area contributed by atoms with Gasteiger partial charge < -0.3 is 4.74 Å². The number of rotatable bonds is 3. The number of halogens is 1. The Morgan fingerprint density at radius 2 is 1.95 bits per heavy atom. The third kappa shape index (κ3) is 2.68. The second kappa shape index (κ2) is 5.61. The van der Waals surface area contributed by atoms with Crippen LogP contribution in [0, 0.1) is 11.3 Å². The lowest BCUT2D eigenvalue weighted by Gasteiger charge is -2.03. The first-order valence-electron chi connectivity index (χ1n) is 5.97. The Bertz CT molecular complexity index is 810. The molecular formula is C14H8ClN5O. The van der Waals surface area contributed by atoms with E-state index in [9.17, 15) is 0 Å². The monoisotopic (exact) mass is 297 g/mol. The largest absolute Gasteiger partial charge is 0.402 e. The van der Waals surface area contributed by atoms with Gasteiger partial charge in [0.25, 0.3) is 0 Å². The number of para-hydroxylation sites is 1. The highest BCUT2D eigenvalue weighted by molar-refractivity contribution is 6.32. The zero-order valence-electron chi connectivity index (χ0n) is 10.6. The average Bonchev–Trinajstić information content (AvgIpc) is 2.99. The zero-order chi connectivity index (χ0) is 14.7. The summed E-state index contributed by atoms with van der Waals surface area (Å²) in [5.74, 6) is 0.0986. The molecular weight excluding hydrogens is 290 g/mol. The summed E-state index contributed by atoms with van der Waals surface area (Å²) in [6.45, 7) is 0. The van der Waals surface area contributed by atoms with Gasteiger partial charge in [0.1, 0.15) is 17.4 Å². The Balaban J connectivity index is 1.87. The fourth-order valence-electron chi connectivity index (χ4n) is 1.67. The van der Waals surface area contributed by atoms with Crippen LogP contribution in [0.15, 0.2) is 48.9 Å². The molecule has 0 saturated heterocycles. The van der Waals surface area contributed by atoms with Gasteiger partial charge in [-0.3, -0.25) is 0 Å². The number of benzene rings is 1. The number of hydrogen-bond donors (Lipinski definition) is 0. The van der Waals surface area contributed by atoms with Crippen LogP contribution in [0.5, 0.6) is 11.9 Å². The minimum Gasteiger partial charge on any atom is -0.402 e. The molecule has 0 bridgehead atoms. The van der Waals surface area contributed by atoms with Crippen molar-refractivity contribution >= 4 is 11.6 Å². The Morgan fingerprint density at radius 3 is 2.71 bits per heavy atom. The maximum atomic E-state index is 8.91. The molecule has 1 aromatic carbocycles. The van der Waals surface area contributed by atoms with Gasteiger partial charge in [0, 0.05) is 6.20 Å². The second-order valence-corrected chi connectivity index (χ2v) is 4.38. The Hall–Kier alpha value is -2.91. The van der Waals surface area contributed by atoms with Crippen molar-refractivity contribution in [2.24, 2.45) is 0 Å². The molecule has 0 saturated carbocycles. The smallest absolute Gasteiger partial charge is 0.342 e. The molecule has 0 unspecified atom stereocenters. The van der Waals surface area contributed by atoms with Crippen molar-refractivity contribution in [1.29, 1.82) is 5.26 Å². The van der Waals surface area contributed by atoms with Crippen molar-refractivity contribution in [2.45, 2.75) is 0 Å².